The zero-order chi connectivity index (χ0) is 20.4. The molecule has 0 saturated carbocycles. The lowest BCUT2D eigenvalue weighted by atomic mass is 10.2. The Labute approximate surface area is 176 Å². The number of thiazole rings is 1. The fourth-order valence-corrected chi connectivity index (χ4v) is 4.10. The van der Waals surface area contributed by atoms with E-state index in [1.165, 1.54) is 23.8 Å². The van der Waals surface area contributed by atoms with Gasteiger partial charge in [-0.3, -0.25) is 10.1 Å². The van der Waals surface area contributed by atoms with Crippen molar-refractivity contribution < 1.29 is 9.18 Å². The molecule has 0 saturated heterocycles. The van der Waals surface area contributed by atoms with Gasteiger partial charge in [0.2, 0.25) is 0 Å². The molecule has 29 heavy (non-hydrogen) atoms. The second-order valence-electron chi connectivity index (χ2n) is 6.49. The van der Waals surface area contributed by atoms with Crippen LogP contribution in [-0.4, -0.2) is 16.0 Å². The number of carbonyl (C=O) groups is 1. The van der Waals surface area contributed by atoms with E-state index >= 15 is 0 Å². The number of nitrogens with zero attached hydrogens (tertiary/aromatic N) is 1. The summed E-state index contributed by atoms with van der Waals surface area (Å²) in [6.45, 7) is 2.06. The third-order valence-electron chi connectivity index (χ3n) is 4.25. The largest absolute Gasteiger partial charge is 0.332 e. The molecule has 0 aliphatic heterocycles. The molecule has 0 unspecified atom stereocenters. The van der Waals surface area contributed by atoms with Crippen LogP contribution in [0.25, 0.3) is 20.8 Å². The van der Waals surface area contributed by atoms with Gasteiger partial charge in [-0.1, -0.05) is 12.1 Å². The van der Waals surface area contributed by atoms with Crippen LogP contribution >= 0.6 is 23.6 Å². The maximum atomic E-state index is 13.2. The number of anilines is 1. The molecule has 1 heterocycles. The first-order valence-corrected chi connectivity index (χ1v) is 10.1. The first-order valence-electron chi connectivity index (χ1n) is 8.83. The first kappa shape index (κ1) is 19.2. The maximum Gasteiger partial charge on any atom is 0.257 e. The Hall–Kier alpha value is -3.16. The van der Waals surface area contributed by atoms with Crippen molar-refractivity contribution in [3.8, 4) is 10.6 Å². The van der Waals surface area contributed by atoms with E-state index in [1.54, 1.807) is 11.3 Å². The van der Waals surface area contributed by atoms with E-state index in [1.807, 2.05) is 30.3 Å². The number of fused-ring (bicyclic) bond motifs is 1. The molecule has 0 aliphatic rings. The molecule has 1 amide bonds. The second-order valence-corrected chi connectivity index (χ2v) is 7.93. The number of carbonyl (C=O) groups excluding carboxylic acids is 1. The van der Waals surface area contributed by atoms with Gasteiger partial charge in [0.25, 0.3) is 5.91 Å². The van der Waals surface area contributed by atoms with Crippen molar-refractivity contribution >= 4 is 50.5 Å². The minimum absolute atomic E-state index is 0.141. The van der Waals surface area contributed by atoms with Crippen molar-refractivity contribution in [1.82, 2.24) is 10.3 Å². The second kappa shape index (κ2) is 8.06. The molecule has 0 atom stereocenters. The third-order valence-corrected chi connectivity index (χ3v) is 5.52. The van der Waals surface area contributed by atoms with Gasteiger partial charge >= 0.3 is 0 Å². The van der Waals surface area contributed by atoms with Crippen LogP contribution in [0.4, 0.5) is 10.1 Å². The third kappa shape index (κ3) is 4.47. The van der Waals surface area contributed by atoms with Gasteiger partial charge in [-0.15, -0.1) is 11.3 Å². The molecular weight excluding hydrogens is 405 g/mol. The molecule has 4 rings (SSSR count). The van der Waals surface area contributed by atoms with E-state index in [0.29, 0.717) is 0 Å². The fourth-order valence-electron chi connectivity index (χ4n) is 2.82. The Morgan fingerprint density at radius 1 is 1.07 bits per heavy atom. The molecule has 0 radical (unpaired) electrons. The minimum atomic E-state index is -0.475. The highest BCUT2D eigenvalue weighted by Gasteiger charge is 2.10. The predicted molar refractivity (Wildman–Crippen MR) is 120 cm³/mol. The van der Waals surface area contributed by atoms with Crippen molar-refractivity contribution in [3.63, 3.8) is 0 Å². The number of thiocarbonyl (C=S) groups is 1. The summed E-state index contributed by atoms with van der Waals surface area (Å²) in [5, 5.41) is 6.59. The van der Waals surface area contributed by atoms with Gasteiger partial charge < -0.3 is 5.32 Å². The Morgan fingerprint density at radius 3 is 2.62 bits per heavy atom. The average molecular weight is 422 g/mol. The lowest BCUT2D eigenvalue weighted by molar-refractivity contribution is 0.0977. The lowest BCUT2D eigenvalue weighted by Gasteiger charge is -2.10. The molecule has 0 bridgehead atoms. The Kier molecular flexibility index (Phi) is 5.33. The van der Waals surface area contributed by atoms with Gasteiger partial charge in [0, 0.05) is 16.8 Å². The molecule has 4 aromatic rings. The van der Waals surface area contributed by atoms with E-state index in [2.05, 4.69) is 34.7 Å². The van der Waals surface area contributed by atoms with Crippen molar-refractivity contribution in [2.45, 2.75) is 6.92 Å². The summed E-state index contributed by atoms with van der Waals surface area (Å²) in [5.74, 6) is -0.944. The monoisotopic (exact) mass is 421 g/mol. The Balaban J connectivity index is 1.43. The normalized spacial score (nSPS) is 10.7. The van der Waals surface area contributed by atoms with Crippen LogP contribution in [0.2, 0.25) is 0 Å². The fraction of sp³-hybridized carbons (Fsp3) is 0.0455. The first-order chi connectivity index (χ1) is 14.0. The number of hydrogen-bond acceptors (Lipinski definition) is 4. The topological polar surface area (TPSA) is 54.0 Å². The summed E-state index contributed by atoms with van der Waals surface area (Å²) in [6.07, 6.45) is 0. The van der Waals surface area contributed by atoms with Crippen LogP contribution in [-0.2, 0) is 0 Å². The highest BCUT2D eigenvalue weighted by atomic mass is 32.1. The summed E-state index contributed by atoms with van der Waals surface area (Å²) < 4.78 is 14.4. The maximum absolute atomic E-state index is 13.2. The zero-order valence-corrected chi connectivity index (χ0v) is 17.0. The number of rotatable bonds is 3. The molecule has 1 aromatic heterocycles. The van der Waals surface area contributed by atoms with Crippen LogP contribution in [0, 0.1) is 12.7 Å². The zero-order valence-electron chi connectivity index (χ0n) is 15.4. The van der Waals surface area contributed by atoms with Gasteiger partial charge in [-0.2, -0.15) is 0 Å². The molecule has 4 nitrogen and oxygen atoms in total. The van der Waals surface area contributed by atoms with Gasteiger partial charge in [-0.25, -0.2) is 9.37 Å². The standard InChI is InChI=1S/C22H16FN3OS2/c1-13-5-10-18-19(11-13)29-21(25-18)14-6-8-17(9-7-14)24-22(28)26-20(27)15-3-2-4-16(23)12-15/h2-12H,1H3,(H2,24,26,27,28). The lowest BCUT2D eigenvalue weighted by Crippen LogP contribution is -2.34. The Morgan fingerprint density at radius 2 is 1.86 bits per heavy atom. The SMILES string of the molecule is Cc1ccc2nc(-c3ccc(NC(=S)NC(=O)c4cccc(F)c4)cc3)sc2c1. The van der Waals surface area contributed by atoms with Crippen molar-refractivity contribution in [2.75, 3.05) is 5.32 Å². The molecule has 7 heteroatoms. The van der Waals surface area contributed by atoms with Crippen LogP contribution < -0.4 is 10.6 Å². The number of aryl methyl sites for hydroxylation is 1. The van der Waals surface area contributed by atoms with E-state index in [0.717, 1.165) is 32.5 Å². The van der Waals surface area contributed by atoms with E-state index in [-0.39, 0.29) is 10.7 Å². The number of nitrogens with one attached hydrogen (secondary N) is 2. The summed E-state index contributed by atoms with van der Waals surface area (Å²) in [4.78, 5) is 16.8. The van der Waals surface area contributed by atoms with E-state index in [9.17, 15) is 9.18 Å². The average Bonchev–Trinajstić information content (AvgIpc) is 3.11. The quantitative estimate of drug-likeness (QED) is 0.427. The summed E-state index contributed by atoms with van der Waals surface area (Å²) >= 11 is 6.83. The van der Waals surface area contributed by atoms with Crippen molar-refractivity contribution in [2.24, 2.45) is 0 Å². The smallest absolute Gasteiger partial charge is 0.257 e. The number of hydrogen-bond donors (Lipinski definition) is 2. The molecule has 3 aromatic carbocycles. The highest BCUT2D eigenvalue weighted by Crippen LogP contribution is 2.31. The summed E-state index contributed by atoms with van der Waals surface area (Å²) in [6, 6.07) is 19.3. The van der Waals surface area contributed by atoms with E-state index in [4.69, 9.17) is 12.2 Å². The van der Waals surface area contributed by atoms with Crippen LogP contribution in [0.1, 0.15) is 15.9 Å². The number of benzene rings is 3. The van der Waals surface area contributed by atoms with Crippen molar-refractivity contribution in [1.29, 1.82) is 0 Å². The number of aromatic nitrogens is 1. The summed E-state index contributed by atoms with van der Waals surface area (Å²) in [7, 11) is 0. The van der Waals surface area contributed by atoms with Gasteiger partial charge in [-0.05, 0) is 79.3 Å². The van der Waals surface area contributed by atoms with Gasteiger partial charge in [0.1, 0.15) is 10.8 Å². The molecular formula is C22H16FN3OS2. The summed E-state index contributed by atoms with van der Waals surface area (Å²) in [5.41, 5.74) is 4.13. The molecule has 0 aliphatic carbocycles. The number of amides is 1. The van der Waals surface area contributed by atoms with Crippen LogP contribution in [0.3, 0.4) is 0 Å². The van der Waals surface area contributed by atoms with Gasteiger partial charge in [0.15, 0.2) is 5.11 Å². The van der Waals surface area contributed by atoms with E-state index < -0.39 is 11.7 Å². The molecule has 0 fully saturated rings. The highest BCUT2D eigenvalue weighted by molar-refractivity contribution is 7.80. The van der Waals surface area contributed by atoms with Crippen LogP contribution in [0.15, 0.2) is 66.7 Å². The molecule has 0 spiro atoms. The van der Waals surface area contributed by atoms with Gasteiger partial charge in [0.05, 0.1) is 10.2 Å². The molecule has 144 valence electrons. The number of halogens is 1. The predicted octanol–water partition coefficient (Wildman–Crippen LogP) is 5.54. The van der Waals surface area contributed by atoms with Crippen molar-refractivity contribution in [3.05, 3.63) is 83.7 Å². The molecule has 2 N–H and O–H groups in total. The Bertz CT molecular complexity index is 1220. The minimum Gasteiger partial charge on any atom is -0.332 e. The van der Waals surface area contributed by atoms with Crippen LogP contribution in [0.5, 0.6) is 0 Å².